The minimum Gasteiger partial charge on any atom is -0.503 e. The van der Waals surface area contributed by atoms with Gasteiger partial charge in [-0.1, -0.05) is 47.2 Å². The molecule has 2 aromatic heterocycles. The van der Waals surface area contributed by atoms with Crippen LogP contribution in [0.4, 0.5) is 5.13 Å². The number of carbonyl (C=O) groups is 2. The standard InChI is InChI=1S/C24H18N2O4S2/c1-13-5-7-14(8-6-13)20-19(21(27)17-4-3-11-31-17)22(28)23(29)26(20)24-25-16-10-9-15(30-2)12-18(16)32-24/h3-12,20,28H,1-2H3/t20-/m1/s1. The second-order valence-corrected chi connectivity index (χ2v) is 9.34. The Morgan fingerprint density at radius 1 is 1.16 bits per heavy atom. The third-order valence-corrected chi connectivity index (χ3v) is 7.27. The molecule has 0 aliphatic carbocycles. The molecule has 8 heteroatoms. The van der Waals surface area contributed by atoms with Gasteiger partial charge in [-0.15, -0.1) is 11.3 Å². The number of ether oxygens (including phenoxy) is 1. The summed E-state index contributed by atoms with van der Waals surface area (Å²) in [5, 5.41) is 13.0. The number of benzene rings is 2. The fraction of sp³-hybridized carbons (Fsp3) is 0.125. The molecule has 2 aromatic carbocycles. The normalized spacial score (nSPS) is 16.2. The largest absolute Gasteiger partial charge is 0.503 e. The average molecular weight is 463 g/mol. The van der Waals surface area contributed by atoms with E-state index in [9.17, 15) is 14.7 Å². The number of carbonyl (C=O) groups excluding carboxylic acids is 2. The highest BCUT2D eigenvalue weighted by atomic mass is 32.1. The van der Waals surface area contributed by atoms with Crippen LogP contribution in [0.15, 0.2) is 71.3 Å². The zero-order valence-electron chi connectivity index (χ0n) is 17.2. The third-order valence-electron chi connectivity index (χ3n) is 5.38. The summed E-state index contributed by atoms with van der Waals surface area (Å²) in [7, 11) is 1.59. The SMILES string of the molecule is COc1ccc2nc(N3C(=O)C(O)=C(C(=O)c4cccs4)[C@H]3c3ccc(C)cc3)sc2c1. The van der Waals surface area contributed by atoms with Crippen LogP contribution in [0.25, 0.3) is 10.2 Å². The molecule has 1 N–H and O–H groups in total. The molecule has 0 spiro atoms. The highest BCUT2D eigenvalue weighted by Gasteiger charge is 2.46. The minimum absolute atomic E-state index is 0.0677. The van der Waals surface area contributed by atoms with E-state index in [1.165, 1.54) is 27.6 Å². The van der Waals surface area contributed by atoms with Crippen LogP contribution in [0.5, 0.6) is 5.75 Å². The van der Waals surface area contributed by atoms with Gasteiger partial charge >= 0.3 is 0 Å². The van der Waals surface area contributed by atoms with Crippen molar-refractivity contribution in [3.63, 3.8) is 0 Å². The van der Waals surface area contributed by atoms with Gasteiger partial charge in [0.15, 0.2) is 10.9 Å². The first kappa shape index (κ1) is 20.4. The molecule has 0 saturated heterocycles. The van der Waals surface area contributed by atoms with Crippen LogP contribution in [0, 0.1) is 6.92 Å². The van der Waals surface area contributed by atoms with Crippen molar-refractivity contribution < 1.29 is 19.4 Å². The van der Waals surface area contributed by atoms with Crippen LogP contribution in [0.1, 0.15) is 26.8 Å². The monoisotopic (exact) mass is 462 g/mol. The predicted molar refractivity (Wildman–Crippen MR) is 126 cm³/mol. The molecule has 5 rings (SSSR count). The molecular formula is C24H18N2O4S2. The van der Waals surface area contributed by atoms with Gasteiger partial charge < -0.3 is 9.84 Å². The van der Waals surface area contributed by atoms with E-state index in [1.54, 1.807) is 30.7 Å². The molecule has 6 nitrogen and oxygen atoms in total. The molecule has 3 heterocycles. The fourth-order valence-electron chi connectivity index (χ4n) is 3.76. The maximum Gasteiger partial charge on any atom is 0.296 e. The van der Waals surface area contributed by atoms with Gasteiger partial charge in [0.05, 0.1) is 33.8 Å². The third kappa shape index (κ3) is 3.28. The van der Waals surface area contributed by atoms with E-state index in [1.807, 2.05) is 43.3 Å². The van der Waals surface area contributed by atoms with Crippen molar-refractivity contribution in [2.45, 2.75) is 13.0 Å². The molecule has 1 aliphatic heterocycles. The van der Waals surface area contributed by atoms with Crippen molar-refractivity contribution in [1.82, 2.24) is 4.98 Å². The number of thiazole rings is 1. The lowest BCUT2D eigenvalue weighted by molar-refractivity contribution is -0.117. The Bertz CT molecular complexity index is 1370. The molecule has 1 atom stereocenters. The summed E-state index contributed by atoms with van der Waals surface area (Å²) in [6.07, 6.45) is 0. The van der Waals surface area contributed by atoms with Crippen LogP contribution in [0.2, 0.25) is 0 Å². The fourth-order valence-corrected chi connectivity index (χ4v) is 5.46. The number of hydrogen-bond donors (Lipinski definition) is 1. The van der Waals surface area contributed by atoms with Gasteiger partial charge in [0.25, 0.3) is 5.91 Å². The number of rotatable bonds is 5. The first-order chi connectivity index (χ1) is 15.5. The maximum atomic E-state index is 13.3. The minimum atomic E-state index is -0.778. The molecule has 0 unspecified atom stereocenters. The number of thiophene rings is 1. The van der Waals surface area contributed by atoms with E-state index in [-0.39, 0.29) is 11.4 Å². The number of amides is 1. The van der Waals surface area contributed by atoms with Crippen LogP contribution in [-0.2, 0) is 4.79 Å². The number of hydrogen-bond acceptors (Lipinski definition) is 7. The molecule has 0 fully saturated rings. The molecular weight excluding hydrogens is 444 g/mol. The second kappa shape index (κ2) is 7.89. The molecule has 160 valence electrons. The lowest BCUT2D eigenvalue weighted by atomic mass is 9.95. The molecule has 0 bridgehead atoms. The van der Waals surface area contributed by atoms with E-state index in [0.29, 0.717) is 21.3 Å². The molecule has 32 heavy (non-hydrogen) atoms. The molecule has 0 radical (unpaired) electrons. The van der Waals surface area contributed by atoms with Gasteiger partial charge in [0, 0.05) is 0 Å². The van der Waals surface area contributed by atoms with E-state index in [2.05, 4.69) is 4.98 Å². The number of aryl methyl sites for hydroxylation is 1. The lowest BCUT2D eigenvalue weighted by Gasteiger charge is -2.24. The zero-order chi connectivity index (χ0) is 22.4. The number of Topliss-reactive ketones (excluding diaryl/α,β-unsaturated/α-hetero) is 1. The number of nitrogens with zero attached hydrogens (tertiary/aromatic N) is 2. The van der Waals surface area contributed by atoms with Crippen LogP contribution in [0.3, 0.4) is 0 Å². The summed E-state index contributed by atoms with van der Waals surface area (Å²) < 4.78 is 6.13. The van der Waals surface area contributed by atoms with Crippen LogP contribution in [-0.4, -0.2) is 28.9 Å². The molecule has 1 aliphatic rings. The van der Waals surface area contributed by atoms with E-state index < -0.39 is 17.7 Å². The highest BCUT2D eigenvalue weighted by molar-refractivity contribution is 7.22. The summed E-state index contributed by atoms with van der Waals surface area (Å²) >= 11 is 2.58. The Morgan fingerprint density at radius 2 is 1.94 bits per heavy atom. The first-order valence-corrected chi connectivity index (χ1v) is 11.5. The highest BCUT2D eigenvalue weighted by Crippen LogP contribution is 2.44. The summed E-state index contributed by atoms with van der Waals surface area (Å²) in [6, 6.07) is 15.7. The number of aromatic nitrogens is 1. The van der Waals surface area contributed by atoms with Crippen molar-refractivity contribution in [3.8, 4) is 5.75 Å². The average Bonchev–Trinajstić information content (AvgIpc) is 3.52. The van der Waals surface area contributed by atoms with E-state index in [4.69, 9.17) is 4.74 Å². The zero-order valence-corrected chi connectivity index (χ0v) is 18.9. The second-order valence-electron chi connectivity index (χ2n) is 7.39. The maximum absolute atomic E-state index is 13.3. The van der Waals surface area contributed by atoms with Crippen LogP contribution >= 0.6 is 22.7 Å². The molecule has 1 amide bonds. The number of fused-ring (bicyclic) bond motifs is 1. The van der Waals surface area contributed by atoms with Crippen LogP contribution < -0.4 is 9.64 Å². The Hall–Kier alpha value is -3.49. The van der Waals surface area contributed by atoms with Crippen molar-refractivity contribution in [3.05, 3.63) is 87.3 Å². The van der Waals surface area contributed by atoms with Gasteiger partial charge in [0.1, 0.15) is 5.75 Å². The van der Waals surface area contributed by atoms with Crippen molar-refractivity contribution in [1.29, 1.82) is 0 Å². The summed E-state index contributed by atoms with van der Waals surface area (Å²) in [4.78, 5) is 33.1. The van der Waals surface area contributed by atoms with E-state index in [0.717, 1.165) is 15.8 Å². The molecule has 4 aromatic rings. The van der Waals surface area contributed by atoms with Gasteiger partial charge in [-0.2, -0.15) is 0 Å². The van der Waals surface area contributed by atoms with Gasteiger partial charge in [0.2, 0.25) is 5.78 Å². The van der Waals surface area contributed by atoms with Crippen molar-refractivity contribution in [2.75, 3.05) is 12.0 Å². The summed E-state index contributed by atoms with van der Waals surface area (Å²) in [5.41, 5.74) is 2.55. The van der Waals surface area contributed by atoms with Crippen molar-refractivity contribution >= 4 is 49.7 Å². The summed E-state index contributed by atoms with van der Waals surface area (Å²) in [5.74, 6) is -0.848. The lowest BCUT2D eigenvalue weighted by Crippen LogP contribution is -2.30. The van der Waals surface area contributed by atoms with E-state index >= 15 is 0 Å². The van der Waals surface area contributed by atoms with Gasteiger partial charge in [-0.3, -0.25) is 14.5 Å². The smallest absolute Gasteiger partial charge is 0.296 e. The topological polar surface area (TPSA) is 79.7 Å². The number of aliphatic hydroxyl groups is 1. The first-order valence-electron chi connectivity index (χ1n) is 9.84. The quantitative estimate of drug-likeness (QED) is 0.399. The predicted octanol–water partition coefficient (Wildman–Crippen LogP) is 5.46. The van der Waals surface area contributed by atoms with Crippen molar-refractivity contribution in [2.24, 2.45) is 0 Å². The number of methoxy groups -OCH3 is 1. The Kier molecular flexibility index (Phi) is 5.03. The summed E-state index contributed by atoms with van der Waals surface area (Å²) in [6.45, 7) is 1.97. The number of anilines is 1. The van der Waals surface area contributed by atoms with Gasteiger partial charge in [-0.05, 0) is 42.1 Å². The number of aliphatic hydroxyl groups excluding tert-OH is 1. The number of ketones is 1. The van der Waals surface area contributed by atoms with Gasteiger partial charge in [-0.25, -0.2) is 4.98 Å². The Labute approximate surface area is 192 Å². The Balaban J connectivity index is 1.67. The molecule has 0 saturated carbocycles. The Morgan fingerprint density at radius 3 is 2.62 bits per heavy atom.